The minimum atomic E-state index is -0.592. The van der Waals surface area contributed by atoms with Gasteiger partial charge in [-0.25, -0.2) is 0 Å². The van der Waals surface area contributed by atoms with Crippen LogP contribution in [0.15, 0.2) is 315 Å². The van der Waals surface area contributed by atoms with E-state index in [1.807, 2.05) is 0 Å². The second-order valence-electron chi connectivity index (χ2n) is 27.6. The third-order valence-electron chi connectivity index (χ3n) is 22.6. The lowest BCUT2D eigenvalue weighted by Crippen LogP contribution is -2.26. The fourth-order valence-electron chi connectivity index (χ4n) is 18.3. The lowest BCUT2D eigenvalue weighted by Gasteiger charge is -2.34. The Kier molecular flexibility index (Phi) is 11.9. The van der Waals surface area contributed by atoms with Crippen LogP contribution in [0.3, 0.4) is 0 Å². The van der Waals surface area contributed by atoms with Gasteiger partial charge in [-0.05, 0) is 268 Å². The molecule has 0 bridgehead atoms. The summed E-state index contributed by atoms with van der Waals surface area (Å²) in [6, 6.07) is 121. The van der Waals surface area contributed by atoms with Crippen molar-refractivity contribution in [2.45, 2.75) is 44.9 Å². The number of para-hydroxylation sites is 2. The first-order valence-corrected chi connectivity index (χ1v) is 34.3. The molecule has 0 unspecified atom stereocenters. The summed E-state index contributed by atoms with van der Waals surface area (Å²) in [6.07, 6.45) is 0.721. The zero-order valence-corrected chi connectivity index (χ0v) is 54.6. The van der Waals surface area contributed by atoms with Crippen molar-refractivity contribution in [1.29, 1.82) is 0 Å². The van der Waals surface area contributed by atoms with Crippen molar-refractivity contribution >= 4 is 77.2 Å². The summed E-state index contributed by atoms with van der Waals surface area (Å²) in [5.74, 6) is 0. The Morgan fingerprint density at radius 1 is 0.258 bits per heavy atom. The Morgan fingerprint density at radius 2 is 0.670 bits per heavy atom. The SMILES string of the molecule is Cc1ccc(Cc2ccc3cc4c(cc3c2)-c2c(cc(N(c3ccccc3)c3cc(C)c(C)c(C)c3)c3ccccc23)C42c3ccccc3-c3ccccc32)c(N(c2ccccc2)c2cc3c(c4ccccc24)-c2cc4ccccc4cc2C32c3ccccc3-c3ccccc32)c1. The van der Waals surface area contributed by atoms with Crippen molar-refractivity contribution in [3.63, 3.8) is 0 Å². The van der Waals surface area contributed by atoms with E-state index in [-0.39, 0.29) is 0 Å². The predicted octanol–water partition coefficient (Wildman–Crippen LogP) is 24.8. The van der Waals surface area contributed by atoms with Crippen LogP contribution in [0.2, 0.25) is 0 Å². The second-order valence-corrected chi connectivity index (χ2v) is 27.6. The fourth-order valence-corrected chi connectivity index (χ4v) is 18.3. The van der Waals surface area contributed by atoms with E-state index in [1.54, 1.807) is 0 Å². The van der Waals surface area contributed by atoms with Crippen molar-refractivity contribution in [2.24, 2.45) is 0 Å². The van der Waals surface area contributed by atoms with Gasteiger partial charge >= 0.3 is 0 Å². The molecule has 0 atom stereocenters. The standard InChI is InChI=1S/C95H66N2/c1-58-43-45-66(89(47-58)97(69-29-9-6-10-30-69)91-57-88-92(78-38-16-14-36-76(78)91)79-52-63-25-11-12-26-64(63)54-85(79)94(88)81-39-21-17-31-71(81)72-32-18-22-40-82(72)94)50-62-44-46-65-55-86-80(53-67(65)51-62)93-77-37-15-13-35-75(77)90(96(68-27-7-5-8-28-68)70-48-59(2)61(4)60(3)49-70)56-87(93)95(86)83-41-23-19-33-73(83)74-34-20-24-42-84(74)95/h5-49,51-57H,50H2,1-4H3. The second kappa shape index (κ2) is 20.8. The van der Waals surface area contributed by atoms with Crippen LogP contribution in [0, 0.1) is 27.7 Å². The van der Waals surface area contributed by atoms with Crippen LogP contribution in [0.5, 0.6) is 0 Å². The average Bonchev–Trinajstić information content (AvgIpc) is 1.51. The number of hydrogen-bond acceptors (Lipinski definition) is 2. The van der Waals surface area contributed by atoms with Crippen LogP contribution >= 0.6 is 0 Å². The molecule has 0 saturated carbocycles. The van der Waals surface area contributed by atoms with Gasteiger partial charge in [0.15, 0.2) is 0 Å². The lowest BCUT2D eigenvalue weighted by molar-refractivity contribution is 0.795. The van der Waals surface area contributed by atoms with Gasteiger partial charge in [-0.15, -0.1) is 0 Å². The van der Waals surface area contributed by atoms with Crippen LogP contribution in [0.4, 0.5) is 34.1 Å². The molecule has 97 heavy (non-hydrogen) atoms. The maximum absolute atomic E-state index is 2.60. The van der Waals surface area contributed by atoms with Crippen LogP contribution < -0.4 is 9.80 Å². The molecule has 0 radical (unpaired) electrons. The summed E-state index contributed by atoms with van der Waals surface area (Å²) in [6.45, 7) is 9.00. The normalized spacial score (nSPS) is 13.6. The summed E-state index contributed by atoms with van der Waals surface area (Å²) in [7, 11) is 0. The van der Waals surface area contributed by atoms with E-state index < -0.39 is 10.8 Å². The molecule has 456 valence electrons. The Morgan fingerprint density at radius 3 is 1.19 bits per heavy atom. The van der Waals surface area contributed by atoms with E-state index in [0.29, 0.717) is 0 Å². The highest BCUT2D eigenvalue weighted by atomic mass is 15.2. The largest absolute Gasteiger partial charge is 0.310 e. The number of anilines is 6. The number of aryl methyl sites for hydroxylation is 3. The Labute approximate surface area is 566 Å². The van der Waals surface area contributed by atoms with Gasteiger partial charge in [0.05, 0.1) is 22.2 Å². The highest BCUT2D eigenvalue weighted by Gasteiger charge is 2.54. The molecule has 2 spiro atoms. The monoisotopic (exact) mass is 1230 g/mol. The van der Waals surface area contributed by atoms with Crippen LogP contribution in [0.1, 0.15) is 77.9 Å². The lowest BCUT2D eigenvalue weighted by atomic mass is 9.70. The molecular weight excluding hydrogens is 1170 g/mol. The first kappa shape index (κ1) is 55.6. The van der Waals surface area contributed by atoms with Crippen LogP contribution in [-0.2, 0) is 17.3 Å². The Bertz CT molecular complexity index is 5940. The van der Waals surface area contributed by atoms with Gasteiger partial charge in [0.1, 0.15) is 0 Å². The maximum atomic E-state index is 2.60. The van der Waals surface area contributed by atoms with E-state index in [2.05, 4.69) is 353 Å². The van der Waals surface area contributed by atoms with Gasteiger partial charge in [0.25, 0.3) is 0 Å². The molecule has 0 aliphatic heterocycles. The average molecular weight is 1240 g/mol. The third-order valence-corrected chi connectivity index (χ3v) is 22.6. The molecule has 0 heterocycles. The fraction of sp³-hybridized carbons (Fsp3) is 0.0737. The number of rotatable bonds is 8. The van der Waals surface area contributed by atoms with Crippen molar-refractivity contribution in [2.75, 3.05) is 9.80 Å². The molecule has 16 aromatic carbocycles. The zero-order valence-electron chi connectivity index (χ0n) is 54.6. The van der Waals surface area contributed by atoms with Gasteiger partial charge in [-0.3, -0.25) is 0 Å². The van der Waals surface area contributed by atoms with Gasteiger partial charge in [-0.1, -0.05) is 237 Å². The highest BCUT2D eigenvalue weighted by molar-refractivity contribution is 6.16. The van der Waals surface area contributed by atoms with Crippen molar-refractivity contribution in [1.82, 2.24) is 0 Å². The summed E-state index contributed by atoms with van der Waals surface area (Å²) < 4.78 is 0. The minimum absolute atomic E-state index is 0.564. The van der Waals surface area contributed by atoms with Gasteiger partial charge in [0.2, 0.25) is 0 Å². The molecule has 0 saturated heterocycles. The number of benzene rings is 16. The zero-order chi connectivity index (χ0) is 64.4. The summed E-state index contributed by atoms with van der Waals surface area (Å²) >= 11 is 0. The van der Waals surface area contributed by atoms with E-state index in [4.69, 9.17) is 0 Å². The molecule has 0 N–H and O–H groups in total. The van der Waals surface area contributed by atoms with Crippen LogP contribution in [-0.4, -0.2) is 0 Å². The third kappa shape index (κ3) is 7.73. The molecule has 0 fully saturated rings. The first-order valence-electron chi connectivity index (χ1n) is 34.3. The minimum Gasteiger partial charge on any atom is -0.310 e. The van der Waals surface area contributed by atoms with Crippen molar-refractivity contribution < 1.29 is 0 Å². The molecule has 16 aromatic rings. The molecule has 4 aliphatic rings. The molecule has 0 aromatic heterocycles. The molecule has 4 aliphatic carbocycles. The molecular formula is C95H66N2. The van der Waals surface area contributed by atoms with Gasteiger partial charge in [0, 0.05) is 33.5 Å². The molecule has 2 heteroatoms. The Hall–Kier alpha value is -11.8. The summed E-state index contributed by atoms with van der Waals surface area (Å²) in [5.41, 5.74) is 34.4. The van der Waals surface area contributed by atoms with E-state index in [1.165, 1.54) is 177 Å². The van der Waals surface area contributed by atoms with Crippen molar-refractivity contribution in [3.8, 4) is 44.5 Å². The van der Waals surface area contributed by atoms with Crippen LogP contribution in [0.25, 0.3) is 87.6 Å². The number of nitrogens with zero attached hydrogens (tertiary/aromatic N) is 2. The molecule has 20 rings (SSSR count). The number of hydrogen-bond donors (Lipinski definition) is 0. The first-order chi connectivity index (χ1) is 47.7. The van der Waals surface area contributed by atoms with Gasteiger partial charge in [-0.2, -0.15) is 0 Å². The maximum Gasteiger partial charge on any atom is 0.0726 e. The predicted molar refractivity (Wildman–Crippen MR) is 407 cm³/mol. The quantitative estimate of drug-likeness (QED) is 0.150. The van der Waals surface area contributed by atoms with Gasteiger partial charge < -0.3 is 9.80 Å². The van der Waals surface area contributed by atoms with E-state index in [9.17, 15) is 0 Å². The van der Waals surface area contributed by atoms with E-state index >= 15 is 0 Å². The topological polar surface area (TPSA) is 6.48 Å². The summed E-state index contributed by atoms with van der Waals surface area (Å²) in [4.78, 5) is 5.11. The molecule has 2 nitrogen and oxygen atoms in total. The number of fused-ring (bicyclic) bond motifs is 26. The van der Waals surface area contributed by atoms with E-state index in [0.717, 1.165) is 29.2 Å². The summed E-state index contributed by atoms with van der Waals surface area (Å²) in [5, 5.41) is 9.91. The van der Waals surface area contributed by atoms with Crippen molar-refractivity contribution in [3.05, 3.63) is 393 Å². The Balaban J connectivity index is 0.791. The smallest absolute Gasteiger partial charge is 0.0726 e. The molecule has 0 amide bonds. The highest BCUT2D eigenvalue weighted by Crippen LogP contribution is 2.68.